The third-order valence-corrected chi connectivity index (χ3v) is 3.50. The van der Waals surface area contributed by atoms with Gasteiger partial charge in [-0.2, -0.15) is 0 Å². The summed E-state index contributed by atoms with van der Waals surface area (Å²) in [6.45, 7) is 1.23. The van der Waals surface area contributed by atoms with Crippen molar-refractivity contribution in [3.05, 3.63) is 48.7 Å². The fourth-order valence-corrected chi connectivity index (χ4v) is 2.34. The zero-order valence-electron chi connectivity index (χ0n) is 12.2. The topological polar surface area (TPSA) is 60.5 Å². The van der Waals surface area contributed by atoms with Crippen LogP contribution in [0.3, 0.4) is 0 Å². The lowest BCUT2D eigenvalue weighted by molar-refractivity contribution is -0.123. The number of nitrogens with zero attached hydrogens (tertiary/aromatic N) is 1. The van der Waals surface area contributed by atoms with Crippen LogP contribution < -0.4 is 10.1 Å². The zero-order valence-corrected chi connectivity index (χ0v) is 12.2. The number of anilines is 1. The molecule has 2 aromatic rings. The normalized spacial score (nSPS) is 17.7. The number of ether oxygens (including phenoxy) is 2. The summed E-state index contributed by atoms with van der Waals surface area (Å²) >= 11 is 0. The van der Waals surface area contributed by atoms with E-state index in [2.05, 4.69) is 10.3 Å². The van der Waals surface area contributed by atoms with Crippen molar-refractivity contribution in [3.8, 4) is 11.6 Å². The first kappa shape index (κ1) is 14.5. The predicted octanol–water partition coefficient (Wildman–Crippen LogP) is 3.24. The van der Waals surface area contributed by atoms with Crippen molar-refractivity contribution in [2.24, 2.45) is 5.92 Å². The minimum absolute atomic E-state index is 0.0171. The monoisotopic (exact) mass is 298 g/mol. The van der Waals surface area contributed by atoms with Crippen LogP contribution in [0.4, 0.5) is 5.69 Å². The second-order valence-corrected chi connectivity index (χ2v) is 5.20. The predicted molar refractivity (Wildman–Crippen MR) is 82.9 cm³/mol. The summed E-state index contributed by atoms with van der Waals surface area (Å²) in [6, 6.07) is 12.9. The van der Waals surface area contributed by atoms with Gasteiger partial charge in [0, 0.05) is 24.6 Å². The lowest BCUT2D eigenvalue weighted by Gasteiger charge is -2.21. The van der Waals surface area contributed by atoms with Crippen LogP contribution in [0.25, 0.3) is 0 Å². The molecule has 0 unspecified atom stereocenters. The Morgan fingerprint density at radius 2 is 2.14 bits per heavy atom. The van der Waals surface area contributed by atoms with E-state index >= 15 is 0 Å². The van der Waals surface area contributed by atoms with Gasteiger partial charge in [0.2, 0.25) is 11.8 Å². The first-order valence-corrected chi connectivity index (χ1v) is 7.39. The van der Waals surface area contributed by atoms with Crippen LogP contribution in [0.1, 0.15) is 12.8 Å². The Labute approximate surface area is 129 Å². The van der Waals surface area contributed by atoms with Crippen LogP contribution >= 0.6 is 0 Å². The Kier molecular flexibility index (Phi) is 4.65. The number of carbonyl (C=O) groups is 1. The molecule has 1 aromatic heterocycles. The largest absolute Gasteiger partial charge is 0.439 e. The van der Waals surface area contributed by atoms with Crippen molar-refractivity contribution < 1.29 is 14.3 Å². The Morgan fingerprint density at radius 3 is 2.91 bits per heavy atom. The van der Waals surface area contributed by atoms with E-state index in [1.807, 2.05) is 30.3 Å². The fraction of sp³-hybridized carbons (Fsp3) is 0.294. The molecule has 5 heteroatoms. The first-order chi connectivity index (χ1) is 10.8. The Morgan fingerprint density at radius 1 is 1.27 bits per heavy atom. The molecule has 0 saturated carbocycles. The van der Waals surface area contributed by atoms with E-state index in [-0.39, 0.29) is 11.8 Å². The number of para-hydroxylation sites is 1. The summed E-state index contributed by atoms with van der Waals surface area (Å²) < 4.78 is 11.0. The molecule has 0 bridgehead atoms. The zero-order chi connectivity index (χ0) is 15.2. The second kappa shape index (κ2) is 7.04. The molecule has 0 radical (unpaired) electrons. The first-order valence-electron chi connectivity index (χ1n) is 7.39. The molecule has 5 nitrogen and oxygen atoms in total. The van der Waals surface area contributed by atoms with E-state index < -0.39 is 0 Å². The highest BCUT2D eigenvalue weighted by Gasteiger charge is 2.21. The Balaban J connectivity index is 1.64. The summed E-state index contributed by atoms with van der Waals surface area (Å²) in [6.07, 6.45) is 3.41. The summed E-state index contributed by atoms with van der Waals surface area (Å²) in [7, 11) is 0. The van der Waals surface area contributed by atoms with Crippen LogP contribution in [0, 0.1) is 5.92 Å². The van der Waals surface area contributed by atoms with Crippen molar-refractivity contribution in [2.75, 3.05) is 18.5 Å². The van der Waals surface area contributed by atoms with Crippen molar-refractivity contribution in [2.45, 2.75) is 12.8 Å². The molecule has 1 atom stereocenters. The molecule has 0 spiro atoms. The molecule has 114 valence electrons. The van der Waals surface area contributed by atoms with Gasteiger partial charge in [-0.25, -0.2) is 4.98 Å². The van der Waals surface area contributed by atoms with Gasteiger partial charge in [0.15, 0.2) is 0 Å². The third kappa shape index (κ3) is 3.83. The lowest BCUT2D eigenvalue weighted by atomic mass is 10.0. The quantitative estimate of drug-likeness (QED) is 0.941. The highest BCUT2D eigenvalue weighted by atomic mass is 16.5. The summed E-state index contributed by atoms with van der Waals surface area (Å²) in [5.74, 6) is 1.06. The number of hydrogen-bond donors (Lipinski definition) is 1. The minimum atomic E-state index is -0.0830. The van der Waals surface area contributed by atoms with Gasteiger partial charge in [0.25, 0.3) is 0 Å². The summed E-state index contributed by atoms with van der Waals surface area (Å²) in [5.41, 5.74) is 0.677. The molecule has 22 heavy (non-hydrogen) atoms. The number of rotatable bonds is 4. The highest BCUT2D eigenvalue weighted by Crippen LogP contribution is 2.22. The molecule has 2 heterocycles. The van der Waals surface area contributed by atoms with Gasteiger partial charge >= 0.3 is 0 Å². The van der Waals surface area contributed by atoms with Crippen LogP contribution in [0.5, 0.6) is 11.6 Å². The van der Waals surface area contributed by atoms with Gasteiger partial charge in [0.05, 0.1) is 12.5 Å². The molecule has 1 saturated heterocycles. The molecule has 3 rings (SSSR count). The maximum Gasteiger partial charge on any atom is 0.229 e. The summed E-state index contributed by atoms with van der Waals surface area (Å²) in [5, 5.41) is 2.90. The van der Waals surface area contributed by atoms with Gasteiger partial charge in [-0.1, -0.05) is 18.2 Å². The van der Waals surface area contributed by atoms with Crippen LogP contribution in [-0.2, 0) is 9.53 Å². The molecule has 1 aliphatic rings. The molecule has 1 aliphatic heterocycles. The third-order valence-electron chi connectivity index (χ3n) is 3.50. The highest BCUT2D eigenvalue weighted by molar-refractivity contribution is 5.92. The van der Waals surface area contributed by atoms with E-state index in [9.17, 15) is 4.79 Å². The van der Waals surface area contributed by atoms with E-state index in [1.54, 1.807) is 18.3 Å². The minimum Gasteiger partial charge on any atom is -0.439 e. The van der Waals surface area contributed by atoms with E-state index in [0.29, 0.717) is 23.9 Å². The number of benzene rings is 1. The number of pyridine rings is 1. The van der Waals surface area contributed by atoms with Gasteiger partial charge in [-0.15, -0.1) is 0 Å². The SMILES string of the molecule is O=C(Nc1ccnc(Oc2ccccc2)c1)[C@@H]1CCCOC1. The van der Waals surface area contributed by atoms with E-state index in [0.717, 1.165) is 19.4 Å². The van der Waals surface area contributed by atoms with Crippen molar-refractivity contribution in [3.63, 3.8) is 0 Å². The number of aromatic nitrogens is 1. The number of amides is 1. The molecule has 1 aromatic carbocycles. The van der Waals surface area contributed by atoms with Crippen LogP contribution in [0.15, 0.2) is 48.7 Å². The fourth-order valence-electron chi connectivity index (χ4n) is 2.34. The van der Waals surface area contributed by atoms with E-state index in [4.69, 9.17) is 9.47 Å². The Bertz CT molecular complexity index is 625. The maximum absolute atomic E-state index is 12.2. The molecule has 0 aliphatic carbocycles. The maximum atomic E-state index is 12.2. The molecule has 1 fully saturated rings. The average Bonchev–Trinajstić information content (AvgIpc) is 2.57. The van der Waals surface area contributed by atoms with Gasteiger partial charge in [-0.05, 0) is 31.0 Å². The molecule has 1 amide bonds. The van der Waals surface area contributed by atoms with Gasteiger partial charge in [0.1, 0.15) is 5.75 Å². The molecular weight excluding hydrogens is 280 g/mol. The Hall–Kier alpha value is -2.40. The van der Waals surface area contributed by atoms with Crippen LogP contribution in [-0.4, -0.2) is 24.1 Å². The van der Waals surface area contributed by atoms with Gasteiger partial charge in [-0.3, -0.25) is 4.79 Å². The molecule has 1 N–H and O–H groups in total. The number of hydrogen-bond acceptors (Lipinski definition) is 4. The lowest BCUT2D eigenvalue weighted by Crippen LogP contribution is -2.30. The van der Waals surface area contributed by atoms with Gasteiger partial charge < -0.3 is 14.8 Å². The smallest absolute Gasteiger partial charge is 0.229 e. The number of nitrogens with one attached hydrogen (secondary N) is 1. The second-order valence-electron chi connectivity index (χ2n) is 5.20. The average molecular weight is 298 g/mol. The number of carbonyl (C=O) groups excluding carboxylic acids is 1. The van der Waals surface area contributed by atoms with E-state index in [1.165, 1.54) is 0 Å². The van der Waals surface area contributed by atoms with Crippen molar-refractivity contribution in [1.82, 2.24) is 4.98 Å². The van der Waals surface area contributed by atoms with Crippen LogP contribution in [0.2, 0.25) is 0 Å². The standard InChI is InChI=1S/C17H18N2O3/c20-17(13-5-4-10-21-12-13)19-14-8-9-18-16(11-14)22-15-6-2-1-3-7-15/h1-3,6-9,11,13H,4-5,10,12H2,(H,18,19,20)/t13-/m1/s1. The summed E-state index contributed by atoms with van der Waals surface area (Å²) in [4.78, 5) is 16.3. The molecular formula is C17H18N2O3. The van der Waals surface area contributed by atoms with Crippen molar-refractivity contribution in [1.29, 1.82) is 0 Å². The van der Waals surface area contributed by atoms with Crippen molar-refractivity contribution >= 4 is 11.6 Å².